The third-order valence-corrected chi connectivity index (χ3v) is 7.62. The summed E-state index contributed by atoms with van der Waals surface area (Å²) in [5.74, 6) is 1.26. The summed E-state index contributed by atoms with van der Waals surface area (Å²) < 4.78 is 40.5. The number of hydrogen-bond donors (Lipinski definition) is 2. The first kappa shape index (κ1) is 27.1. The molecule has 0 radical (unpaired) electrons. The van der Waals surface area contributed by atoms with Crippen molar-refractivity contribution in [2.24, 2.45) is 0 Å². The van der Waals surface area contributed by atoms with Gasteiger partial charge in [0.1, 0.15) is 11.4 Å². The molecule has 214 valence electrons. The van der Waals surface area contributed by atoms with E-state index in [1.807, 2.05) is 47.4 Å². The third-order valence-electron chi connectivity index (χ3n) is 6.96. The molecule has 1 aliphatic rings. The van der Waals surface area contributed by atoms with Crippen LogP contribution < -0.4 is 14.8 Å². The molecule has 0 atom stereocenters. The van der Waals surface area contributed by atoms with E-state index < -0.39 is 10.0 Å². The Morgan fingerprint density at radius 2 is 1.98 bits per heavy atom. The van der Waals surface area contributed by atoms with Gasteiger partial charge in [-0.1, -0.05) is 6.07 Å². The fraction of sp³-hybridized carbons (Fsp3) is 0.333. The molecule has 0 saturated carbocycles. The van der Waals surface area contributed by atoms with Crippen molar-refractivity contribution in [1.82, 2.24) is 39.0 Å². The molecule has 1 fully saturated rings. The number of hydrogen-bond acceptors (Lipinski definition) is 10. The molecule has 4 aromatic heterocycles. The SMILES string of the molecule is COc1cc(CNS(C)(=O)=O)ccc1-n1nc(NCCN2CCOCC2)c2cnc(-c3cnn4cccnc34)cc21. The topological polar surface area (TPSA) is 141 Å². The fourth-order valence-electron chi connectivity index (χ4n) is 4.86. The maximum atomic E-state index is 11.6. The standard InChI is InChI=1S/C27H31N9O4S/c1-39-25-14-19(16-32-41(2,37)38)4-5-23(25)36-24-15-22(20-18-31-35-8-3-6-29-27(20)35)30-17-21(24)26(33-36)28-7-9-34-10-12-40-13-11-34/h3-6,8,14-15,17-18,32H,7,9-13,16H2,1-2H3,(H,28,33). The molecule has 1 aromatic carbocycles. The molecule has 6 rings (SSSR count). The van der Waals surface area contributed by atoms with Crippen LogP contribution in [-0.4, -0.2) is 95.4 Å². The highest BCUT2D eigenvalue weighted by Crippen LogP contribution is 2.33. The summed E-state index contributed by atoms with van der Waals surface area (Å²) in [4.78, 5) is 11.6. The summed E-state index contributed by atoms with van der Waals surface area (Å²) in [6, 6.07) is 9.33. The lowest BCUT2D eigenvalue weighted by atomic mass is 10.1. The van der Waals surface area contributed by atoms with E-state index in [1.165, 1.54) is 0 Å². The van der Waals surface area contributed by atoms with Crippen molar-refractivity contribution in [2.45, 2.75) is 6.54 Å². The Hall–Kier alpha value is -4.11. The predicted molar refractivity (Wildman–Crippen MR) is 155 cm³/mol. The van der Waals surface area contributed by atoms with Gasteiger partial charge < -0.3 is 14.8 Å². The van der Waals surface area contributed by atoms with Gasteiger partial charge in [0.15, 0.2) is 11.5 Å². The van der Waals surface area contributed by atoms with E-state index in [4.69, 9.17) is 19.6 Å². The van der Waals surface area contributed by atoms with E-state index in [0.29, 0.717) is 35.1 Å². The Morgan fingerprint density at radius 3 is 2.78 bits per heavy atom. The van der Waals surface area contributed by atoms with Gasteiger partial charge in [-0.05, 0) is 29.8 Å². The largest absolute Gasteiger partial charge is 0.494 e. The van der Waals surface area contributed by atoms with Gasteiger partial charge in [-0.25, -0.2) is 27.3 Å². The van der Waals surface area contributed by atoms with Gasteiger partial charge in [-0.15, -0.1) is 5.10 Å². The van der Waals surface area contributed by atoms with Crippen LogP contribution in [0, 0.1) is 0 Å². The molecular formula is C27H31N9O4S. The molecule has 14 heteroatoms. The number of fused-ring (bicyclic) bond motifs is 2. The van der Waals surface area contributed by atoms with Crippen molar-refractivity contribution in [3.8, 4) is 22.7 Å². The van der Waals surface area contributed by atoms with Crippen LogP contribution in [0.3, 0.4) is 0 Å². The van der Waals surface area contributed by atoms with Gasteiger partial charge in [0.25, 0.3) is 0 Å². The lowest BCUT2D eigenvalue weighted by Crippen LogP contribution is -2.39. The summed E-state index contributed by atoms with van der Waals surface area (Å²) in [5.41, 5.74) is 4.50. The normalized spacial score (nSPS) is 14.6. The molecule has 0 amide bonds. The Morgan fingerprint density at radius 1 is 1.12 bits per heavy atom. The van der Waals surface area contributed by atoms with Crippen LogP contribution in [0.25, 0.3) is 33.5 Å². The van der Waals surface area contributed by atoms with Crippen molar-refractivity contribution in [3.05, 3.63) is 60.7 Å². The zero-order chi connectivity index (χ0) is 28.4. The number of aromatic nitrogens is 6. The average molecular weight is 578 g/mol. The number of methoxy groups -OCH3 is 1. The van der Waals surface area contributed by atoms with Gasteiger partial charge in [-0.2, -0.15) is 5.10 Å². The number of nitrogens with one attached hydrogen (secondary N) is 2. The number of pyridine rings is 1. The first-order chi connectivity index (χ1) is 19.9. The smallest absolute Gasteiger partial charge is 0.209 e. The van der Waals surface area contributed by atoms with Crippen molar-refractivity contribution in [1.29, 1.82) is 0 Å². The van der Waals surface area contributed by atoms with Gasteiger partial charge >= 0.3 is 0 Å². The Balaban J connectivity index is 1.40. The van der Waals surface area contributed by atoms with Crippen molar-refractivity contribution in [2.75, 3.05) is 58.1 Å². The number of morpholine rings is 1. The quantitative estimate of drug-likeness (QED) is 0.253. The van der Waals surface area contributed by atoms with Crippen LogP contribution in [-0.2, 0) is 21.3 Å². The molecular weight excluding hydrogens is 546 g/mol. The summed E-state index contributed by atoms with van der Waals surface area (Å²) in [6.45, 7) is 5.04. The molecule has 2 N–H and O–H groups in total. The number of ether oxygens (including phenoxy) is 2. The summed E-state index contributed by atoms with van der Waals surface area (Å²) in [7, 11) is -1.75. The van der Waals surface area contributed by atoms with Crippen LogP contribution >= 0.6 is 0 Å². The zero-order valence-electron chi connectivity index (χ0n) is 22.8. The number of sulfonamides is 1. The first-order valence-corrected chi connectivity index (χ1v) is 15.1. The van der Waals surface area contributed by atoms with Gasteiger partial charge in [-0.3, -0.25) is 9.88 Å². The van der Waals surface area contributed by atoms with Crippen molar-refractivity contribution >= 4 is 32.4 Å². The summed E-state index contributed by atoms with van der Waals surface area (Å²) in [5, 5.41) is 13.7. The van der Waals surface area contributed by atoms with Crippen molar-refractivity contribution < 1.29 is 17.9 Å². The predicted octanol–water partition coefficient (Wildman–Crippen LogP) is 1.93. The van der Waals surface area contributed by atoms with Crippen LogP contribution in [0.5, 0.6) is 5.75 Å². The minimum absolute atomic E-state index is 0.152. The van der Waals surface area contributed by atoms with Gasteiger partial charge in [0, 0.05) is 51.3 Å². The zero-order valence-corrected chi connectivity index (χ0v) is 23.6. The number of nitrogens with zero attached hydrogens (tertiary/aromatic N) is 7. The third kappa shape index (κ3) is 5.86. The van der Waals surface area contributed by atoms with E-state index in [-0.39, 0.29) is 6.54 Å². The van der Waals surface area contributed by atoms with Crippen LogP contribution in [0.15, 0.2) is 55.1 Å². The first-order valence-electron chi connectivity index (χ1n) is 13.2. The number of benzene rings is 1. The lowest BCUT2D eigenvalue weighted by molar-refractivity contribution is 0.0398. The Bertz CT molecular complexity index is 1800. The minimum Gasteiger partial charge on any atom is -0.494 e. The second-order valence-electron chi connectivity index (χ2n) is 9.77. The second kappa shape index (κ2) is 11.4. The van der Waals surface area contributed by atoms with E-state index in [1.54, 1.807) is 24.0 Å². The molecule has 5 heterocycles. The van der Waals surface area contributed by atoms with Gasteiger partial charge in [0.2, 0.25) is 10.0 Å². The van der Waals surface area contributed by atoms with E-state index in [9.17, 15) is 8.42 Å². The number of anilines is 1. The average Bonchev–Trinajstić information content (AvgIpc) is 3.57. The summed E-state index contributed by atoms with van der Waals surface area (Å²) in [6.07, 6.45) is 8.27. The molecule has 1 saturated heterocycles. The van der Waals surface area contributed by atoms with E-state index in [0.717, 1.165) is 61.1 Å². The Labute approximate surface area is 237 Å². The molecule has 1 aliphatic heterocycles. The molecule has 0 aliphatic carbocycles. The fourth-order valence-corrected chi connectivity index (χ4v) is 5.29. The molecule has 13 nitrogen and oxygen atoms in total. The Kier molecular flexibility index (Phi) is 7.53. The van der Waals surface area contributed by atoms with Crippen LogP contribution in [0.2, 0.25) is 0 Å². The second-order valence-corrected chi connectivity index (χ2v) is 11.6. The molecule has 0 bridgehead atoms. The molecule has 5 aromatic rings. The number of rotatable bonds is 10. The van der Waals surface area contributed by atoms with E-state index >= 15 is 0 Å². The summed E-state index contributed by atoms with van der Waals surface area (Å²) >= 11 is 0. The maximum Gasteiger partial charge on any atom is 0.209 e. The monoisotopic (exact) mass is 577 g/mol. The van der Waals surface area contributed by atoms with E-state index in [2.05, 4.69) is 25.0 Å². The maximum absolute atomic E-state index is 11.6. The molecule has 0 unspecified atom stereocenters. The molecule has 0 spiro atoms. The van der Waals surface area contributed by atoms with Crippen LogP contribution in [0.1, 0.15) is 5.56 Å². The molecule has 41 heavy (non-hydrogen) atoms. The highest BCUT2D eigenvalue weighted by molar-refractivity contribution is 7.88. The van der Waals surface area contributed by atoms with Crippen LogP contribution in [0.4, 0.5) is 5.82 Å². The highest BCUT2D eigenvalue weighted by atomic mass is 32.2. The van der Waals surface area contributed by atoms with Gasteiger partial charge in [0.05, 0.1) is 54.9 Å². The highest BCUT2D eigenvalue weighted by Gasteiger charge is 2.19. The lowest BCUT2D eigenvalue weighted by Gasteiger charge is -2.26. The van der Waals surface area contributed by atoms with Crippen molar-refractivity contribution in [3.63, 3.8) is 0 Å². The minimum atomic E-state index is -3.33.